The van der Waals surface area contributed by atoms with Crippen molar-refractivity contribution in [1.82, 2.24) is 20.4 Å². The summed E-state index contributed by atoms with van der Waals surface area (Å²) < 4.78 is 0. The number of nitrogens with one attached hydrogen (secondary N) is 2. The smallest absolute Gasteiger partial charge is 0.243 e. The minimum atomic E-state index is 0. The van der Waals surface area contributed by atoms with E-state index < -0.39 is 0 Å². The molecule has 1 aliphatic heterocycles. The van der Waals surface area contributed by atoms with E-state index in [0.717, 1.165) is 44.4 Å². The van der Waals surface area contributed by atoms with Crippen molar-refractivity contribution in [3.63, 3.8) is 0 Å². The molecule has 0 atom stereocenters. The average molecular weight is 493 g/mol. The number of guanidine groups is 1. The van der Waals surface area contributed by atoms with Crippen LogP contribution in [0.4, 0.5) is 0 Å². The zero-order valence-electron chi connectivity index (χ0n) is 17.5. The summed E-state index contributed by atoms with van der Waals surface area (Å²) in [7, 11) is 3.56. The number of halogens is 1. The van der Waals surface area contributed by atoms with Crippen LogP contribution < -0.4 is 10.6 Å². The van der Waals surface area contributed by atoms with Crippen LogP contribution in [0.3, 0.4) is 0 Å². The molecule has 1 saturated carbocycles. The number of nitrogens with zero attached hydrogens (tertiary/aromatic N) is 3. The summed E-state index contributed by atoms with van der Waals surface area (Å²) in [6.07, 6.45) is 10.2. The predicted molar refractivity (Wildman–Crippen MR) is 124 cm³/mol. The van der Waals surface area contributed by atoms with Gasteiger partial charge in [0.25, 0.3) is 0 Å². The molecule has 0 radical (unpaired) electrons. The lowest BCUT2D eigenvalue weighted by molar-refractivity contribution is -0.127. The molecule has 0 bridgehead atoms. The Balaban J connectivity index is 0.00000364. The SMILES string of the molecule is CCCN1CCC(NC(=NCC(=O)N(C)C)NCC2CCCCC2)CC1.I. The first-order valence-electron chi connectivity index (χ1n) is 10.6. The van der Waals surface area contributed by atoms with Gasteiger partial charge in [0.2, 0.25) is 5.91 Å². The van der Waals surface area contributed by atoms with Crippen LogP contribution in [0.15, 0.2) is 4.99 Å². The lowest BCUT2D eigenvalue weighted by atomic mass is 9.89. The lowest BCUT2D eigenvalue weighted by Crippen LogP contribution is -2.49. The molecule has 1 heterocycles. The standard InChI is InChI=1S/C20H39N5O.HI/c1-4-12-25-13-10-18(11-14-25)23-20(22-16-19(26)24(2)3)21-15-17-8-6-5-7-9-17;/h17-18H,4-16H2,1-3H3,(H2,21,22,23);1H. The van der Waals surface area contributed by atoms with Crippen molar-refractivity contribution in [2.24, 2.45) is 10.9 Å². The van der Waals surface area contributed by atoms with Crippen LogP contribution in [0, 0.1) is 5.92 Å². The summed E-state index contributed by atoms with van der Waals surface area (Å²) in [5.41, 5.74) is 0. The number of carbonyl (C=O) groups is 1. The number of aliphatic imine (C=N–C) groups is 1. The first kappa shape index (κ1) is 24.5. The third-order valence-corrected chi connectivity index (χ3v) is 5.62. The van der Waals surface area contributed by atoms with E-state index in [1.165, 1.54) is 45.1 Å². The lowest BCUT2D eigenvalue weighted by Gasteiger charge is -2.33. The summed E-state index contributed by atoms with van der Waals surface area (Å²) in [6.45, 7) is 6.92. The van der Waals surface area contributed by atoms with Crippen molar-refractivity contribution in [1.29, 1.82) is 0 Å². The van der Waals surface area contributed by atoms with Gasteiger partial charge >= 0.3 is 0 Å². The minimum Gasteiger partial charge on any atom is -0.356 e. The summed E-state index contributed by atoms with van der Waals surface area (Å²) in [6, 6.07) is 0.454. The molecule has 2 aliphatic rings. The van der Waals surface area contributed by atoms with Crippen LogP contribution in [0.5, 0.6) is 0 Å². The number of carbonyl (C=O) groups excluding carboxylic acids is 1. The normalized spacial score (nSPS) is 20.0. The van der Waals surface area contributed by atoms with Crippen molar-refractivity contribution >= 4 is 35.8 Å². The molecule has 2 N–H and O–H groups in total. The van der Waals surface area contributed by atoms with Gasteiger partial charge in [-0.15, -0.1) is 24.0 Å². The van der Waals surface area contributed by atoms with Gasteiger partial charge in [-0.25, -0.2) is 4.99 Å². The maximum Gasteiger partial charge on any atom is 0.243 e. The van der Waals surface area contributed by atoms with Gasteiger partial charge in [-0.05, 0) is 44.6 Å². The molecule has 158 valence electrons. The second kappa shape index (κ2) is 13.6. The summed E-state index contributed by atoms with van der Waals surface area (Å²) >= 11 is 0. The van der Waals surface area contributed by atoms with Gasteiger partial charge < -0.3 is 20.4 Å². The molecule has 0 aromatic heterocycles. The van der Waals surface area contributed by atoms with Gasteiger partial charge in [0.05, 0.1) is 0 Å². The number of amides is 1. The number of rotatable bonds is 7. The van der Waals surface area contributed by atoms with Crippen LogP contribution >= 0.6 is 24.0 Å². The zero-order chi connectivity index (χ0) is 18.8. The molecule has 6 nitrogen and oxygen atoms in total. The van der Waals surface area contributed by atoms with Gasteiger partial charge in [0.1, 0.15) is 6.54 Å². The van der Waals surface area contributed by atoms with Crippen LogP contribution in [0.2, 0.25) is 0 Å². The third-order valence-electron chi connectivity index (χ3n) is 5.62. The molecule has 0 unspecified atom stereocenters. The van der Waals surface area contributed by atoms with E-state index >= 15 is 0 Å². The van der Waals surface area contributed by atoms with Crippen molar-refractivity contribution < 1.29 is 4.79 Å². The highest BCUT2D eigenvalue weighted by atomic mass is 127. The van der Waals surface area contributed by atoms with Crippen LogP contribution in [0.25, 0.3) is 0 Å². The van der Waals surface area contributed by atoms with Crippen molar-refractivity contribution in [3.05, 3.63) is 0 Å². The highest BCUT2D eigenvalue weighted by molar-refractivity contribution is 14.0. The van der Waals surface area contributed by atoms with Crippen LogP contribution in [0.1, 0.15) is 58.3 Å². The maximum absolute atomic E-state index is 11.9. The Hall–Kier alpha value is -0.570. The monoisotopic (exact) mass is 493 g/mol. The van der Waals surface area contributed by atoms with Gasteiger partial charge in [-0.2, -0.15) is 0 Å². The van der Waals surface area contributed by atoms with Gasteiger partial charge in [0.15, 0.2) is 5.96 Å². The van der Waals surface area contributed by atoms with E-state index in [9.17, 15) is 4.79 Å². The number of hydrogen-bond acceptors (Lipinski definition) is 3. The molecule has 27 heavy (non-hydrogen) atoms. The molecule has 0 aromatic carbocycles. The fourth-order valence-corrected chi connectivity index (χ4v) is 3.88. The van der Waals surface area contributed by atoms with Gasteiger partial charge in [-0.1, -0.05) is 26.2 Å². The van der Waals surface area contributed by atoms with Crippen LogP contribution in [-0.2, 0) is 4.79 Å². The van der Waals surface area contributed by atoms with Crippen molar-refractivity contribution in [2.75, 3.05) is 46.8 Å². The minimum absolute atomic E-state index is 0. The summed E-state index contributed by atoms with van der Waals surface area (Å²) in [5.74, 6) is 1.60. The molecule has 7 heteroatoms. The first-order valence-corrected chi connectivity index (χ1v) is 10.6. The second-order valence-corrected chi connectivity index (χ2v) is 8.10. The molecular weight excluding hydrogens is 453 g/mol. The molecule has 0 aromatic rings. The number of likely N-dealkylation sites (N-methyl/N-ethyl adjacent to an activating group) is 1. The van der Waals surface area contributed by atoms with Crippen molar-refractivity contribution in [2.45, 2.75) is 64.3 Å². The molecule has 2 fully saturated rings. The molecule has 2 rings (SSSR count). The second-order valence-electron chi connectivity index (χ2n) is 8.10. The average Bonchev–Trinajstić information content (AvgIpc) is 2.66. The Kier molecular flexibility index (Phi) is 12.3. The molecule has 1 amide bonds. The highest BCUT2D eigenvalue weighted by Gasteiger charge is 2.20. The Bertz CT molecular complexity index is 444. The number of piperidine rings is 1. The fourth-order valence-electron chi connectivity index (χ4n) is 3.88. The summed E-state index contributed by atoms with van der Waals surface area (Å²) in [5, 5.41) is 7.12. The third kappa shape index (κ3) is 9.45. The Labute approximate surface area is 182 Å². The highest BCUT2D eigenvalue weighted by Crippen LogP contribution is 2.22. The van der Waals surface area contributed by atoms with E-state index in [4.69, 9.17) is 0 Å². The van der Waals surface area contributed by atoms with E-state index in [0.29, 0.717) is 6.04 Å². The maximum atomic E-state index is 11.9. The van der Waals surface area contributed by atoms with E-state index in [1.807, 2.05) is 0 Å². The molecule has 0 spiro atoms. The molecular formula is C20H40IN5O. The Morgan fingerprint density at radius 2 is 1.78 bits per heavy atom. The summed E-state index contributed by atoms with van der Waals surface area (Å²) in [4.78, 5) is 20.6. The fraction of sp³-hybridized carbons (Fsp3) is 0.900. The van der Waals surface area contributed by atoms with E-state index in [1.54, 1.807) is 19.0 Å². The zero-order valence-corrected chi connectivity index (χ0v) is 19.8. The molecule has 1 saturated heterocycles. The first-order chi connectivity index (χ1) is 12.6. The Morgan fingerprint density at radius 3 is 2.37 bits per heavy atom. The van der Waals surface area contributed by atoms with Gasteiger partial charge in [0, 0.05) is 39.8 Å². The van der Waals surface area contributed by atoms with E-state index in [2.05, 4.69) is 27.4 Å². The number of likely N-dealkylation sites (tertiary alicyclic amines) is 1. The largest absolute Gasteiger partial charge is 0.356 e. The van der Waals surface area contributed by atoms with E-state index in [-0.39, 0.29) is 36.4 Å². The Morgan fingerprint density at radius 1 is 1.11 bits per heavy atom. The quantitative estimate of drug-likeness (QED) is 0.325. The van der Waals surface area contributed by atoms with Crippen LogP contribution in [-0.4, -0.2) is 74.5 Å². The molecule has 1 aliphatic carbocycles. The van der Waals surface area contributed by atoms with Crippen molar-refractivity contribution in [3.8, 4) is 0 Å². The van der Waals surface area contributed by atoms with Gasteiger partial charge in [-0.3, -0.25) is 4.79 Å². The number of hydrogen-bond donors (Lipinski definition) is 2. The topological polar surface area (TPSA) is 60.0 Å². The predicted octanol–water partition coefficient (Wildman–Crippen LogP) is 2.68.